The summed E-state index contributed by atoms with van der Waals surface area (Å²) in [6.45, 7) is 1.43. The number of nitrogens with zero attached hydrogens (tertiary/aromatic N) is 3. The molecule has 28 heavy (non-hydrogen) atoms. The fourth-order valence-electron chi connectivity index (χ4n) is 2.31. The van der Waals surface area contributed by atoms with Gasteiger partial charge in [-0.05, 0) is 42.8 Å². The third-order valence-corrected chi connectivity index (χ3v) is 3.81. The number of carbonyl (C=O) groups excluding carboxylic acids is 1. The monoisotopic (exact) mass is 399 g/mol. The highest BCUT2D eigenvalue weighted by Gasteiger charge is 2.10. The third-order valence-electron chi connectivity index (χ3n) is 3.57. The predicted octanol–water partition coefficient (Wildman–Crippen LogP) is 3.28. The smallest absolute Gasteiger partial charge is 0.344 e. The first-order chi connectivity index (χ1) is 13.5. The molecule has 0 unspecified atom stereocenters. The number of hydrogen-bond donors (Lipinski definition) is 2. The SMILES string of the molecule is Cc1cc(Cl)ccc1OCC(=O)OCc1nc(N)nc(Nc2ccccc2)n1. The molecular weight excluding hydrogens is 382 g/mol. The second-order valence-electron chi connectivity index (χ2n) is 5.78. The van der Waals surface area contributed by atoms with Crippen molar-refractivity contribution in [1.82, 2.24) is 15.0 Å². The molecule has 0 aliphatic rings. The van der Waals surface area contributed by atoms with Gasteiger partial charge in [-0.2, -0.15) is 15.0 Å². The summed E-state index contributed by atoms with van der Waals surface area (Å²) in [7, 11) is 0. The van der Waals surface area contributed by atoms with Gasteiger partial charge in [0.05, 0.1) is 0 Å². The molecule has 0 saturated heterocycles. The summed E-state index contributed by atoms with van der Waals surface area (Å²) in [4.78, 5) is 24.1. The van der Waals surface area contributed by atoms with Crippen LogP contribution in [-0.2, 0) is 16.1 Å². The molecular formula is C19H18ClN5O3. The first-order valence-electron chi connectivity index (χ1n) is 8.36. The highest BCUT2D eigenvalue weighted by atomic mass is 35.5. The van der Waals surface area contributed by atoms with E-state index in [2.05, 4.69) is 20.3 Å². The third kappa shape index (κ3) is 5.55. The molecule has 2 aromatic carbocycles. The second-order valence-corrected chi connectivity index (χ2v) is 6.22. The predicted molar refractivity (Wildman–Crippen MR) is 105 cm³/mol. The first kappa shape index (κ1) is 19.4. The van der Waals surface area contributed by atoms with Gasteiger partial charge in [0.2, 0.25) is 11.9 Å². The van der Waals surface area contributed by atoms with Crippen LogP contribution in [0.15, 0.2) is 48.5 Å². The average Bonchev–Trinajstić information content (AvgIpc) is 2.66. The highest BCUT2D eigenvalue weighted by Crippen LogP contribution is 2.21. The topological polar surface area (TPSA) is 112 Å². The molecule has 1 heterocycles. The van der Waals surface area contributed by atoms with Crippen molar-refractivity contribution in [2.45, 2.75) is 13.5 Å². The molecule has 144 valence electrons. The summed E-state index contributed by atoms with van der Waals surface area (Å²) < 4.78 is 10.6. The fourth-order valence-corrected chi connectivity index (χ4v) is 2.53. The molecule has 0 spiro atoms. The highest BCUT2D eigenvalue weighted by molar-refractivity contribution is 6.30. The number of nitrogens with one attached hydrogen (secondary N) is 1. The Labute approximate surface area is 166 Å². The Balaban J connectivity index is 1.55. The van der Waals surface area contributed by atoms with Gasteiger partial charge in [0, 0.05) is 10.7 Å². The molecule has 0 radical (unpaired) electrons. The van der Waals surface area contributed by atoms with Gasteiger partial charge in [-0.25, -0.2) is 4.79 Å². The Hall–Kier alpha value is -3.39. The molecule has 3 N–H and O–H groups in total. The van der Waals surface area contributed by atoms with Crippen LogP contribution in [0.4, 0.5) is 17.6 Å². The van der Waals surface area contributed by atoms with Crippen molar-refractivity contribution in [3.05, 3.63) is 64.9 Å². The molecule has 0 amide bonds. The van der Waals surface area contributed by atoms with Gasteiger partial charge < -0.3 is 20.5 Å². The Kier molecular flexibility index (Phi) is 6.23. The number of nitrogen functional groups attached to an aromatic ring is 1. The number of aryl methyl sites for hydroxylation is 1. The van der Waals surface area contributed by atoms with Crippen LogP contribution in [0.5, 0.6) is 5.75 Å². The lowest BCUT2D eigenvalue weighted by Crippen LogP contribution is -2.16. The number of para-hydroxylation sites is 1. The normalized spacial score (nSPS) is 10.4. The minimum absolute atomic E-state index is 0.0209. The lowest BCUT2D eigenvalue weighted by Gasteiger charge is -2.10. The zero-order valence-corrected chi connectivity index (χ0v) is 15.8. The van der Waals surface area contributed by atoms with E-state index >= 15 is 0 Å². The van der Waals surface area contributed by atoms with Crippen molar-refractivity contribution >= 4 is 35.2 Å². The molecule has 3 aromatic rings. The summed E-state index contributed by atoms with van der Waals surface area (Å²) in [6, 6.07) is 14.5. The Bertz CT molecular complexity index is 969. The number of benzene rings is 2. The maximum absolute atomic E-state index is 11.9. The minimum Gasteiger partial charge on any atom is -0.482 e. The van der Waals surface area contributed by atoms with E-state index < -0.39 is 5.97 Å². The van der Waals surface area contributed by atoms with E-state index in [1.807, 2.05) is 37.3 Å². The van der Waals surface area contributed by atoms with E-state index in [1.165, 1.54) is 0 Å². The van der Waals surface area contributed by atoms with E-state index in [0.717, 1.165) is 11.3 Å². The van der Waals surface area contributed by atoms with Gasteiger partial charge in [0.1, 0.15) is 5.75 Å². The van der Waals surface area contributed by atoms with Crippen LogP contribution in [0.1, 0.15) is 11.4 Å². The van der Waals surface area contributed by atoms with Crippen LogP contribution in [0.25, 0.3) is 0 Å². The maximum atomic E-state index is 11.9. The molecule has 0 fully saturated rings. The molecule has 0 aliphatic heterocycles. The lowest BCUT2D eigenvalue weighted by atomic mass is 10.2. The maximum Gasteiger partial charge on any atom is 0.344 e. The molecule has 8 nitrogen and oxygen atoms in total. The van der Waals surface area contributed by atoms with Crippen molar-refractivity contribution in [2.75, 3.05) is 17.7 Å². The number of anilines is 3. The summed E-state index contributed by atoms with van der Waals surface area (Å²) in [5, 5.41) is 3.61. The molecule has 1 aromatic heterocycles. The van der Waals surface area contributed by atoms with Crippen LogP contribution < -0.4 is 15.8 Å². The van der Waals surface area contributed by atoms with Crippen LogP contribution in [-0.4, -0.2) is 27.5 Å². The standard InChI is InChI=1S/C19H18ClN5O3/c1-12-9-13(20)7-8-15(12)27-11-17(26)28-10-16-23-18(21)25-19(24-16)22-14-5-3-2-4-6-14/h2-9H,10-11H2,1H3,(H3,21,22,23,24,25). The van der Waals surface area contributed by atoms with Crippen LogP contribution >= 0.6 is 11.6 Å². The fraction of sp³-hybridized carbons (Fsp3) is 0.158. The van der Waals surface area contributed by atoms with E-state index in [0.29, 0.717) is 10.8 Å². The van der Waals surface area contributed by atoms with E-state index in [4.69, 9.17) is 26.8 Å². The van der Waals surface area contributed by atoms with Crippen molar-refractivity contribution in [3.63, 3.8) is 0 Å². The zero-order chi connectivity index (χ0) is 19.9. The van der Waals surface area contributed by atoms with Crippen molar-refractivity contribution in [1.29, 1.82) is 0 Å². The van der Waals surface area contributed by atoms with Gasteiger partial charge >= 0.3 is 5.97 Å². The number of hydrogen-bond acceptors (Lipinski definition) is 8. The van der Waals surface area contributed by atoms with E-state index in [1.54, 1.807) is 18.2 Å². The number of rotatable bonds is 7. The quantitative estimate of drug-likeness (QED) is 0.582. The van der Waals surface area contributed by atoms with Crippen molar-refractivity contribution < 1.29 is 14.3 Å². The Morgan fingerprint density at radius 1 is 1.14 bits per heavy atom. The number of esters is 1. The van der Waals surface area contributed by atoms with Gasteiger partial charge in [-0.3, -0.25) is 0 Å². The first-order valence-corrected chi connectivity index (χ1v) is 8.74. The molecule has 0 atom stereocenters. The molecule has 3 rings (SSSR count). The largest absolute Gasteiger partial charge is 0.482 e. The molecule has 0 aliphatic carbocycles. The minimum atomic E-state index is -0.564. The second kappa shape index (κ2) is 9.01. The van der Waals surface area contributed by atoms with Gasteiger partial charge in [0.15, 0.2) is 19.0 Å². The molecule has 9 heteroatoms. The van der Waals surface area contributed by atoms with Crippen molar-refractivity contribution in [2.24, 2.45) is 0 Å². The van der Waals surface area contributed by atoms with Gasteiger partial charge in [0.25, 0.3) is 0 Å². The van der Waals surface area contributed by atoms with E-state index in [-0.39, 0.29) is 30.9 Å². The van der Waals surface area contributed by atoms with Gasteiger partial charge in [-0.1, -0.05) is 29.8 Å². The molecule has 0 saturated carbocycles. The van der Waals surface area contributed by atoms with Crippen LogP contribution in [0.3, 0.4) is 0 Å². The summed E-state index contributed by atoms with van der Waals surface area (Å²) in [5.41, 5.74) is 7.32. The Morgan fingerprint density at radius 2 is 1.93 bits per heavy atom. The number of aromatic nitrogens is 3. The van der Waals surface area contributed by atoms with Crippen molar-refractivity contribution in [3.8, 4) is 5.75 Å². The lowest BCUT2D eigenvalue weighted by molar-refractivity contribution is -0.147. The number of ether oxygens (including phenoxy) is 2. The number of halogens is 1. The van der Waals surface area contributed by atoms with Crippen LogP contribution in [0, 0.1) is 6.92 Å². The summed E-state index contributed by atoms with van der Waals surface area (Å²) in [6.07, 6.45) is 0. The number of nitrogens with two attached hydrogens (primary N) is 1. The number of carbonyl (C=O) groups is 1. The Morgan fingerprint density at radius 3 is 2.68 bits per heavy atom. The van der Waals surface area contributed by atoms with E-state index in [9.17, 15) is 4.79 Å². The summed E-state index contributed by atoms with van der Waals surface area (Å²) in [5.74, 6) is 0.498. The summed E-state index contributed by atoms with van der Waals surface area (Å²) >= 11 is 5.89. The van der Waals surface area contributed by atoms with Gasteiger partial charge in [-0.15, -0.1) is 0 Å². The average molecular weight is 400 g/mol. The zero-order valence-electron chi connectivity index (χ0n) is 15.1. The van der Waals surface area contributed by atoms with Crippen LogP contribution in [0.2, 0.25) is 5.02 Å². The molecule has 0 bridgehead atoms.